The number of carbonyl (C=O) groups is 1. The van der Waals surface area contributed by atoms with Crippen LogP contribution in [-0.4, -0.2) is 29.9 Å². The van der Waals surface area contributed by atoms with Crippen molar-refractivity contribution in [3.05, 3.63) is 35.4 Å². The van der Waals surface area contributed by atoms with Gasteiger partial charge in [0.1, 0.15) is 0 Å². The highest BCUT2D eigenvalue weighted by Crippen LogP contribution is 2.32. The van der Waals surface area contributed by atoms with Crippen molar-refractivity contribution in [3.8, 4) is 6.07 Å². The molecule has 2 unspecified atom stereocenters. The number of amides is 1. The predicted octanol–water partition coefficient (Wildman–Crippen LogP) is 2.83. The smallest absolute Gasteiger partial charge is 0.224 e. The minimum atomic E-state index is 0.132. The third-order valence-corrected chi connectivity index (χ3v) is 5.15. The first-order chi connectivity index (χ1) is 11.3. The highest BCUT2D eigenvalue weighted by atomic mass is 16.1. The van der Waals surface area contributed by atoms with Gasteiger partial charge in [-0.15, -0.1) is 0 Å². The van der Waals surface area contributed by atoms with E-state index in [1.807, 2.05) is 18.2 Å². The molecule has 23 heavy (non-hydrogen) atoms. The summed E-state index contributed by atoms with van der Waals surface area (Å²) in [6.45, 7) is 2.71. The Bertz CT molecular complexity index is 593. The van der Waals surface area contributed by atoms with Gasteiger partial charge in [0, 0.05) is 19.1 Å². The van der Waals surface area contributed by atoms with Gasteiger partial charge in [0.15, 0.2) is 0 Å². The lowest BCUT2D eigenvalue weighted by molar-refractivity contribution is -0.126. The van der Waals surface area contributed by atoms with Crippen LogP contribution < -0.4 is 5.32 Å². The van der Waals surface area contributed by atoms with Gasteiger partial charge in [-0.3, -0.25) is 9.69 Å². The van der Waals surface area contributed by atoms with Crippen LogP contribution in [-0.2, 0) is 11.3 Å². The summed E-state index contributed by atoms with van der Waals surface area (Å²) in [5.74, 6) is 0.373. The standard InChI is InChI=1S/C19H25N3O/c20-13-15-6-4-7-16(12-15)14-22-11-3-1-2-10-21-19(23)17-8-5-9-18(17)22/h4,6-7,12,17-18H,1-3,5,8-11,14H2,(H,21,23). The first-order valence-electron chi connectivity index (χ1n) is 8.79. The van der Waals surface area contributed by atoms with Gasteiger partial charge in [0.2, 0.25) is 5.91 Å². The van der Waals surface area contributed by atoms with E-state index in [1.54, 1.807) is 0 Å². The van der Waals surface area contributed by atoms with Crippen molar-refractivity contribution in [2.75, 3.05) is 13.1 Å². The molecule has 0 spiro atoms. The Hall–Kier alpha value is -1.86. The number of hydrogen-bond acceptors (Lipinski definition) is 3. The summed E-state index contributed by atoms with van der Waals surface area (Å²) < 4.78 is 0. The van der Waals surface area contributed by atoms with Crippen LogP contribution in [0.15, 0.2) is 24.3 Å². The van der Waals surface area contributed by atoms with Crippen molar-refractivity contribution >= 4 is 5.91 Å². The van der Waals surface area contributed by atoms with Crippen molar-refractivity contribution < 1.29 is 4.79 Å². The fourth-order valence-corrected chi connectivity index (χ4v) is 3.98. The highest BCUT2D eigenvalue weighted by molar-refractivity contribution is 5.79. The first kappa shape index (κ1) is 16.0. The molecule has 0 radical (unpaired) electrons. The summed E-state index contributed by atoms with van der Waals surface area (Å²) in [7, 11) is 0. The second-order valence-electron chi connectivity index (χ2n) is 6.74. The molecule has 1 aliphatic carbocycles. The van der Waals surface area contributed by atoms with Crippen LogP contribution in [0.1, 0.15) is 49.7 Å². The topological polar surface area (TPSA) is 56.1 Å². The van der Waals surface area contributed by atoms with Crippen molar-refractivity contribution in [1.29, 1.82) is 5.26 Å². The highest BCUT2D eigenvalue weighted by Gasteiger charge is 2.36. The summed E-state index contributed by atoms with van der Waals surface area (Å²) in [4.78, 5) is 14.9. The molecule has 0 aromatic heterocycles. The quantitative estimate of drug-likeness (QED) is 0.913. The largest absolute Gasteiger partial charge is 0.356 e. The molecule has 1 aromatic rings. The van der Waals surface area contributed by atoms with Crippen molar-refractivity contribution in [2.24, 2.45) is 5.92 Å². The minimum absolute atomic E-state index is 0.132. The fraction of sp³-hybridized carbons (Fsp3) is 0.579. The second-order valence-corrected chi connectivity index (χ2v) is 6.74. The van der Waals surface area contributed by atoms with Gasteiger partial charge in [-0.05, 0) is 49.9 Å². The number of nitriles is 1. The maximum atomic E-state index is 12.4. The van der Waals surface area contributed by atoms with Crippen LogP contribution >= 0.6 is 0 Å². The molecule has 1 aliphatic heterocycles. The molecule has 4 heteroatoms. The number of fused-ring (bicyclic) bond motifs is 1. The van der Waals surface area contributed by atoms with Gasteiger partial charge < -0.3 is 5.32 Å². The van der Waals surface area contributed by atoms with Gasteiger partial charge in [-0.25, -0.2) is 0 Å². The first-order valence-corrected chi connectivity index (χ1v) is 8.79. The third kappa shape index (κ3) is 3.92. The van der Waals surface area contributed by atoms with E-state index in [9.17, 15) is 4.79 Å². The number of hydrogen-bond donors (Lipinski definition) is 1. The van der Waals surface area contributed by atoms with Crippen LogP contribution in [0.25, 0.3) is 0 Å². The molecule has 1 aromatic carbocycles. The third-order valence-electron chi connectivity index (χ3n) is 5.15. The molecule has 0 bridgehead atoms. The van der Waals surface area contributed by atoms with E-state index >= 15 is 0 Å². The lowest BCUT2D eigenvalue weighted by Crippen LogP contribution is -2.45. The number of nitrogens with zero attached hydrogens (tertiary/aromatic N) is 2. The maximum Gasteiger partial charge on any atom is 0.224 e. The summed E-state index contributed by atoms with van der Waals surface area (Å²) >= 11 is 0. The Morgan fingerprint density at radius 3 is 3.00 bits per heavy atom. The number of carbonyl (C=O) groups excluding carboxylic acids is 1. The number of rotatable bonds is 2. The van der Waals surface area contributed by atoms with E-state index in [0.717, 1.165) is 51.7 Å². The van der Waals surface area contributed by atoms with E-state index in [1.165, 1.54) is 12.0 Å². The zero-order valence-corrected chi connectivity index (χ0v) is 13.6. The van der Waals surface area contributed by atoms with Crippen LogP contribution in [0, 0.1) is 17.2 Å². The van der Waals surface area contributed by atoms with Gasteiger partial charge in [-0.2, -0.15) is 5.26 Å². The zero-order chi connectivity index (χ0) is 16.1. The summed E-state index contributed by atoms with van der Waals surface area (Å²) in [6.07, 6.45) is 6.66. The van der Waals surface area contributed by atoms with Gasteiger partial charge in [0.05, 0.1) is 17.6 Å². The molecular formula is C19H25N3O. The fourth-order valence-electron chi connectivity index (χ4n) is 3.98. The molecule has 2 atom stereocenters. The zero-order valence-electron chi connectivity index (χ0n) is 13.6. The second kappa shape index (κ2) is 7.61. The van der Waals surface area contributed by atoms with E-state index in [-0.39, 0.29) is 11.8 Å². The Kier molecular flexibility index (Phi) is 5.30. The lowest BCUT2D eigenvalue weighted by Gasteiger charge is -2.33. The molecule has 4 nitrogen and oxygen atoms in total. The molecule has 122 valence electrons. The van der Waals surface area contributed by atoms with E-state index in [2.05, 4.69) is 22.4 Å². The molecule has 1 saturated carbocycles. The summed E-state index contributed by atoms with van der Waals surface area (Å²) in [5, 5.41) is 12.2. The summed E-state index contributed by atoms with van der Waals surface area (Å²) in [5.41, 5.74) is 1.89. The van der Waals surface area contributed by atoms with Crippen LogP contribution in [0.4, 0.5) is 0 Å². The molecule has 3 rings (SSSR count). The Morgan fingerprint density at radius 1 is 1.22 bits per heavy atom. The molecular weight excluding hydrogens is 286 g/mol. The van der Waals surface area contributed by atoms with Crippen molar-refractivity contribution in [2.45, 2.75) is 51.1 Å². The molecule has 2 aliphatic rings. The Labute approximate surface area is 138 Å². The van der Waals surface area contributed by atoms with Gasteiger partial charge in [0.25, 0.3) is 0 Å². The van der Waals surface area contributed by atoms with Gasteiger partial charge in [-0.1, -0.05) is 25.0 Å². The normalized spacial score (nSPS) is 26.1. The predicted molar refractivity (Wildman–Crippen MR) is 89.6 cm³/mol. The molecule has 2 fully saturated rings. The van der Waals surface area contributed by atoms with E-state index < -0.39 is 0 Å². The maximum absolute atomic E-state index is 12.4. The van der Waals surface area contributed by atoms with Crippen LogP contribution in [0.3, 0.4) is 0 Å². The average molecular weight is 311 g/mol. The van der Waals surface area contributed by atoms with Crippen molar-refractivity contribution in [3.63, 3.8) is 0 Å². The molecule has 1 heterocycles. The SMILES string of the molecule is N#Cc1cccc(CN2CCCCCNC(=O)C3CCCC32)c1. The minimum Gasteiger partial charge on any atom is -0.356 e. The molecule has 1 N–H and O–H groups in total. The van der Waals surface area contributed by atoms with E-state index in [4.69, 9.17) is 5.26 Å². The monoisotopic (exact) mass is 311 g/mol. The Morgan fingerprint density at radius 2 is 2.13 bits per heavy atom. The van der Waals surface area contributed by atoms with E-state index in [0.29, 0.717) is 11.6 Å². The van der Waals surface area contributed by atoms with Crippen LogP contribution in [0.2, 0.25) is 0 Å². The number of benzene rings is 1. The van der Waals surface area contributed by atoms with Crippen LogP contribution in [0.5, 0.6) is 0 Å². The van der Waals surface area contributed by atoms with Crippen molar-refractivity contribution in [1.82, 2.24) is 10.2 Å². The summed E-state index contributed by atoms with van der Waals surface area (Å²) in [6, 6.07) is 10.4. The lowest BCUT2D eigenvalue weighted by atomic mass is 9.98. The van der Waals surface area contributed by atoms with Gasteiger partial charge >= 0.3 is 0 Å². The average Bonchev–Trinajstić information content (AvgIpc) is 3.06. The number of nitrogens with one attached hydrogen (secondary N) is 1. The molecule has 1 amide bonds. The molecule has 1 saturated heterocycles. The Balaban J connectivity index is 1.78.